The average Bonchev–Trinajstić information content (AvgIpc) is 2.68. The zero-order chi connectivity index (χ0) is 19.9. The SMILES string of the molecule is CN(CC(C)(C)CN)C(=O)C1CCCN(C(=O)CCOc2ccccc2)C1.Cl. The lowest BCUT2D eigenvalue weighted by atomic mass is 9.91. The number of carbonyl (C=O) groups is 2. The molecule has 1 saturated heterocycles. The number of rotatable bonds is 8. The molecule has 2 amide bonds. The van der Waals surface area contributed by atoms with Crippen molar-refractivity contribution >= 4 is 24.2 Å². The van der Waals surface area contributed by atoms with Gasteiger partial charge in [0.05, 0.1) is 18.9 Å². The first kappa shape index (κ1) is 24.2. The van der Waals surface area contributed by atoms with Crippen molar-refractivity contribution in [3.63, 3.8) is 0 Å². The summed E-state index contributed by atoms with van der Waals surface area (Å²) in [6, 6.07) is 9.48. The summed E-state index contributed by atoms with van der Waals surface area (Å²) in [6.45, 7) is 6.82. The molecule has 1 aromatic carbocycles. The Labute approximate surface area is 174 Å². The summed E-state index contributed by atoms with van der Waals surface area (Å²) in [5.41, 5.74) is 5.67. The van der Waals surface area contributed by atoms with Crippen molar-refractivity contribution in [1.82, 2.24) is 9.80 Å². The number of nitrogens with zero attached hydrogens (tertiary/aromatic N) is 2. The van der Waals surface area contributed by atoms with E-state index in [1.54, 1.807) is 4.90 Å². The Balaban J connectivity index is 0.00000392. The number of carbonyl (C=O) groups excluding carboxylic acids is 2. The lowest BCUT2D eigenvalue weighted by molar-refractivity contribution is -0.141. The minimum Gasteiger partial charge on any atom is -0.493 e. The number of likely N-dealkylation sites (tertiary alicyclic amines) is 1. The molecule has 1 atom stereocenters. The van der Waals surface area contributed by atoms with Gasteiger partial charge in [-0.25, -0.2) is 0 Å². The molecule has 6 nitrogen and oxygen atoms in total. The van der Waals surface area contributed by atoms with Crippen LogP contribution < -0.4 is 10.5 Å². The van der Waals surface area contributed by atoms with Gasteiger partial charge in [-0.15, -0.1) is 12.4 Å². The van der Waals surface area contributed by atoms with E-state index in [2.05, 4.69) is 13.8 Å². The van der Waals surface area contributed by atoms with Crippen molar-refractivity contribution in [1.29, 1.82) is 0 Å². The van der Waals surface area contributed by atoms with Crippen LogP contribution in [0.25, 0.3) is 0 Å². The summed E-state index contributed by atoms with van der Waals surface area (Å²) in [4.78, 5) is 28.9. The number of ether oxygens (including phenoxy) is 1. The third kappa shape index (κ3) is 7.32. The highest BCUT2D eigenvalue weighted by atomic mass is 35.5. The number of halogens is 1. The normalized spacial score (nSPS) is 16.9. The van der Waals surface area contributed by atoms with Gasteiger partial charge in [-0.2, -0.15) is 0 Å². The number of nitrogens with two attached hydrogens (primary N) is 1. The van der Waals surface area contributed by atoms with E-state index in [1.807, 2.05) is 42.3 Å². The summed E-state index contributed by atoms with van der Waals surface area (Å²) in [5, 5.41) is 0. The molecular formula is C21H34ClN3O3. The van der Waals surface area contributed by atoms with E-state index in [-0.39, 0.29) is 35.6 Å². The van der Waals surface area contributed by atoms with Crippen molar-refractivity contribution in [3.8, 4) is 5.75 Å². The molecule has 0 aliphatic carbocycles. The van der Waals surface area contributed by atoms with Crippen LogP contribution in [0.2, 0.25) is 0 Å². The summed E-state index contributed by atoms with van der Waals surface area (Å²) in [5.74, 6) is 0.792. The van der Waals surface area contributed by atoms with E-state index in [4.69, 9.17) is 10.5 Å². The predicted octanol–water partition coefficient (Wildman–Crippen LogP) is 2.56. The zero-order valence-electron chi connectivity index (χ0n) is 17.2. The highest BCUT2D eigenvalue weighted by Gasteiger charge is 2.31. The van der Waals surface area contributed by atoms with Crippen molar-refractivity contribution in [2.24, 2.45) is 17.1 Å². The number of hydrogen-bond donors (Lipinski definition) is 1. The Morgan fingerprint density at radius 2 is 1.96 bits per heavy atom. The van der Waals surface area contributed by atoms with Crippen molar-refractivity contribution < 1.29 is 14.3 Å². The molecule has 1 aliphatic heterocycles. The van der Waals surface area contributed by atoms with Gasteiger partial charge < -0.3 is 20.3 Å². The van der Waals surface area contributed by atoms with Crippen LogP contribution in [0.3, 0.4) is 0 Å². The molecule has 158 valence electrons. The van der Waals surface area contributed by atoms with Gasteiger partial charge in [0.1, 0.15) is 5.75 Å². The van der Waals surface area contributed by atoms with E-state index in [1.165, 1.54) is 0 Å². The minimum absolute atomic E-state index is 0. The van der Waals surface area contributed by atoms with Crippen LogP contribution in [0.1, 0.15) is 33.1 Å². The number of benzene rings is 1. The molecule has 1 unspecified atom stereocenters. The molecule has 0 saturated carbocycles. The van der Waals surface area contributed by atoms with Gasteiger partial charge in [0.15, 0.2) is 0 Å². The van der Waals surface area contributed by atoms with E-state index in [0.717, 1.165) is 18.6 Å². The van der Waals surface area contributed by atoms with Crippen LogP contribution >= 0.6 is 12.4 Å². The standard InChI is InChI=1S/C21H33N3O3.ClH/c1-21(2,15-22)16-23(3)20(26)17-8-7-12-24(14-17)19(25)11-13-27-18-9-5-4-6-10-18;/h4-6,9-10,17H,7-8,11-16,22H2,1-3H3;1H. The second-order valence-corrected chi connectivity index (χ2v) is 8.15. The lowest BCUT2D eigenvalue weighted by Crippen LogP contribution is -2.48. The first-order valence-electron chi connectivity index (χ1n) is 9.73. The average molecular weight is 412 g/mol. The van der Waals surface area contributed by atoms with Gasteiger partial charge in [-0.05, 0) is 36.9 Å². The molecular weight excluding hydrogens is 378 g/mol. The molecule has 1 aliphatic rings. The fraction of sp³-hybridized carbons (Fsp3) is 0.619. The van der Waals surface area contributed by atoms with Crippen LogP contribution in [-0.2, 0) is 9.59 Å². The van der Waals surface area contributed by atoms with Gasteiger partial charge in [-0.1, -0.05) is 32.0 Å². The van der Waals surface area contributed by atoms with Crippen LogP contribution in [0, 0.1) is 11.3 Å². The van der Waals surface area contributed by atoms with Crippen LogP contribution in [-0.4, -0.2) is 61.4 Å². The van der Waals surface area contributed by atoms with E-state index in [0.29, 0.717) is 39.2 Å². The van der Waals surface area contributed by atoms with Gasteiger partial charge in [0, 0.05) is 26.7 Å². The second-order valence-electron chi connectivity index (χ2n) is 8.15. The van der Waals surface area contributed by atoms with Gasteiger partial charge >= 0.3 is 0 Å². The fourth-order valence-electron chi connectivity index (χ4n) is 3.43. The number of piperidine rings is 1. The third-order valence-corrected chi connectivity index (χ3v) is 5.05. The maximum atomic E-state index is 12.8. The first-order chi connectivity index (χ1) is 12.8. The van der Waals surface area contributed by atoms with Crippen molar-refractivity contribution in [2.45, 2.75) is 33.1 Å². The Kier molecular flexibility index (Phi) is 9.76. The summed E-state index contributed by atoms with van der Waals surface area (Å²) in [6.07, 6.45) is 2.01. The highest BCUT2D eigenvalue weighted by Crippen LogP contribution is 2.22. The van der Waals surface area contributed by atoms with E-state index < -0.39 is 0 Å². The third-order valence-electron chi connectivity index (χ3n) is 5.05. The largest absolute Gasteiger partial charge is 0.493 e. The van der Waals surface area contributed by atoms with Crippen molar-refractivity contribution in [3.05, 3.63) is 30.3 Å². The Morgan fingerprint density at radius 1 is 1.29 bits per heavy atom. The second kappa shape index (κ2) is 11.3. The summed E-state index contributed by atoms with van der Waals surface area (Å²) in [7, 11) is 1.83. The number of amides is 2. The van der Waals surface area contributed by atoms with E-state index in [9.17, 15) is 9.59 Å². The number of para-hydroxylation sites is 1. The molecule has 0 spiro atoms. The molecule has 0 bridgehead atoms. The maximum absolute atomic E-state index is 12.8. The quantitative estimate of drug-likeness (QED) is 0.713. The van der Waals surface area contributed by atoms with Crippen LogP contribution in [0.15, 0.2) is 30.3 Å². The zero-order valence-corrected chi connectivity index (χ0v) is 18.0. The van der Waals surface area contributed by atoms with Crippen molar-refractivity contribution in [2.75, 3.05) is 39.8 Å². The number of hydrogen-bond acceptors (Lipinski definition) is 4. The monoisotopic (exact) mass is 411 g/mol. The molecule has 0 radical (unpaired) electrons. The van der Waals surface area contributed by atoms with Crippen LogP contribution in [0.5, 0.6) is 5.75 Å². The van der Waals surface area contributed by atoms with Gasteiger partial charge in [-0.3, -0.25) is 9.59 Å². The van der Waals surface area contributed by atoms with E-state index >= 15 is 0 Å². The molecule has 1 heterocycles. The molecule has 0 aromatic heterocycles. The Morgan fingerprint density at radius 3 is 2.61 bits per heavy atom. The topological polar surface area (TPSA) is 75.9 Å². The highest BCUT2D eigenvalue weighted by molar-refractivity contribution is 5.85. The maximum Gasteiger partial charge on any atom is 0.227 e. The molecule has 2 N–H and O–H groups in total. The fourth-order valence-corrected chi connectivity index (χ4v) is 3.43. The first-order valence-corrected chi connectivity index (χ1v) is 9.73. The minimum atomic E-state index is -0.128. The molecule has 1 aromatic rings. The predicted molar refractivity (Wildman–Crippen MR) is 114 cm³/mol. The molecule has 28 heavy (non-hydrogen) atoms. The van der Waals surface area contributed by atoms with Crippen LogP contribution in [0.4, 0.5) is 0 Å². The smallest absolute Gasteiger partial charge is 0.227 e. The summed E-state index contributed by atoms with van der Waals surface area (Å²) >= 11 is 0. The Hall–Kier alpha value is -1.79. The molecule has 2 rings (SSSR count). The van der Waals surface area contributed by atoms with Gasteiger partial charge in [0.25, 0.3) is 0 Å². The lowest BCUT2D eigenvalue weighted by Gasteiger charge is -2.36. The summed E-state index contributed by atoms with van der Waals surface area (Å²) < 4.78 is 5.61. The van der Waals surface area contributed by atoms with Gasteiger partial charge in [0.2, 0.25) is 11.8 Å². The molecule has 1 fully saturated rings. The molecule has 7 heteroatoms. The Bertz CT molecular complexity index is 625.